The number of benzene rings is 1. The van der Waals surface area contributed by atoms with Crippen LogP contribution in [0.5, 0.6) is 5.75 Å². The minimum atomic E-state index is -0.936. The molecule has 2 nitrogen and oxygen atoms in total. The van der Waals surface area contributed by atoms with Gasteiger partial charge in [0.25, 0.3) is 0 Å². The fraction of sp³-hybridized carbons (Fsp3) is 0.684. The molecule has 2 rings (SSSR count). The van der Waals surface area contributed by atoms with Crippen LogP contribution in [0.15, 0.2) is 18.2 Å². The second-order valence-electron chi connectivity index (χ2n) is 7.92. The lowest BCUT2D eigenvalue weighted by atomic mass is 9.90. The van der Waals surface area contributed by atoms with Crippen molar-refractivity contribution in [1.29, 1.82) is 0 Å². The second-order valence-corrected chi connectivity index (χ2v) is 10.2. The highest BCUT2D eigenvalue weighted by molar-refractivity contribution is 7.86. The largest absolute Gasteiger partial charge is 0.490 e. The highest BCUT2D eigenvalue weighted by Crippen LogP contribution is 2.33. The predicted molar refractivity (Wildman–Crippen MR) is 95.0 cm³/mol. The van der Waals surface area contributed by atoms with E-state index in [-0.39, 0.29) is 16.5 Å². The minimum Gasteiger partial charge on any atom is -0.490 e. The smallest absolute Gasteiger partial charge is 0.165 e. The Labute approximate surface area is 142 Å². The normalized spacial score (nSPS) is 18.0. The SMILES string of the molecule is CC(C)[C@@H](C[S@@](=O)C(C)(C)C)c1ccc(F)c(OCC2CC2)c1. The van der Waals surface area contributed by atoms with Gasteiger partial charge in [0, 0.05) is 21.3 Å². The molecule has 1 aliphatic rings. The molecule has 0 unspecified atom stereocenters. The molecular weight excluding hydrogens is 311 g/mol. The van der Waals surface area contributed by atoms with Crippen LogP contribution in [0.3, 0.4) is 0 Å². The first-order chi connectivity index (χ1) is 10.7. The average molecular weight is 341 g/mol. The van der Waals surface area contributed by atoms with Crippen LogP contribution in [0.4, 0.5) is 4.39 Å². The highest BCUT2D eigenvalue weighted by Gasteiger charge is 2.27. The zero-order valence-corrected chi connectivity index (χ0v) is 15.7. The monoisotopic (exact) mass is 340 g/mol. The molecule has 0 bridgehead atoms. The summed E-state index contributed by atoms with van der Waals surface area (Å²) in [7, 11) is -0.936. The van der Waals surface area contributed by atoms with Crippen LogP contribution in [-0.4, -0.2) is 21.3 Å². The van der Waals surface area contributed by atoms with Crippen molar-refractivity contribution in [3.8, 4) is 5.75 Å². The molecule has 4 heteroatoms. The summed E-state index contributed by atoms with van der Waals surface area (Å²) >= 11 is 0. The molecule has 0 saturated heterocycles. The Kier molecular flexibility index (Phi) is 5.88. The zero-order valence-electron chi connectivity index (χ0n) is 14.9. The minimum absolute atomic E-state index is 0.138. The lowest BCUT2D eigenvalue weighted by Gasteiger charge is -2.26. The number of hydrogen-bond acceptors (Lipinski definition) is 2. The topological polar surface area (TPSA) is 26.3 Å². The molecule has 0 heterocycles. The van der Waals surface area contributed by atoms with Gasteiger partial charge < -0.3 is 4.74 Å². The van der Waals surface area contributed by atoms with Crippen LogP contribution >= 0.6 is 0 Å². The van der Waals surface area contributed by atoms with Gasteiger partial charge in [-0.25, -0.2) is 4.39 Å². The van der Waals surface area contributed by atoms with Gasteiger partial charge in [-0.05, 0) is 69.1 Å². The van der Waals surface area contributed by atoms with Crippen molar-refractivity contribution >= 4 is 10.8 Å². The van der Waals surface area contributed by atoms with Crippen molar-refractivity contribution < 1.29 is 13.3 Å². The van der Waals surface area contributed by atoms with E-state index in [0.717, 1.165) is 5.56 Å². The molecule has 0 amide bonds. The summed E-state index contributed by atoms with van der Waals surface area (Å²) in [5.41, 5.74) is 1.02. The van der Waals surface area contributed by atoms with E-state index in [1.54, 1.807) is 0 Å². The first-order valence-corrected chi connectivity index (χ1v) is 9.81. The standard InChI is InChI=1S/C19H29FO2S/c1-13(2)16(12-23(21)19(3,4)5)15-8-9-17(20)18(10-15)22-11-14-6-7-14/h8-10,13-14,16H,6-7,11-12H2,1-5H3/t16-,23-/m1/s1. The van der Waals surface area contributed by atoms with Crippen molar-refractivity contribution in [2.45, 2.75) is 58.1 Å². The molecule has 0 spiro atoms. The third kappa shape index (κ3) is 5.30. The van der Waals surface area contributed by atoms with Crippen LogP contribution < -0.4 is 4.74 Å². The fourth-order valence-corrected chi connectivity index (χ4v) is 3.84. The van der Waals surface area contributed by atoms with E-state index < -0.39 is 10.8 Å². The molecule has 0 radical (unpaired) electrons. The van der Waals surface area contributed by atoms with E-state index in [4.69, 9.17) is 4.74 Å². The Morgan fingerprint density at radius 3 is 2.48 bits per heavy atom. The molecule has 0 aromatic heterocycles. The third-order valence-electron chi connectivity index (χ3n) is 4.37. The second kappa shape index (κ2) is 7.33. The Bertz CT molecular complexity index is 559. The van der Waals surface area contributed by atoms with Crippen LogP contribution in [0.2, 0.25) is 0 Å². The maximum atomic E-state index is 14.0. The van der Waals surface area contributed by atoms with Crippen molar-refractivity contribution in [3.63, 3.8) is 0 Å². The summed E-state index contributed by atoms with van der Waals surface area (Å²) in [6.07, 6.45) is 2.36. The molecule has 1 aliphatic carbocycles. The van der Waals surface area contributed by atoms with Crippen LogP contribution in [-0.2, 0) is 10.8 Å². The van der Waals surface area contributed by atoms with Crippen LogP contribution in [0.1, 0.15) is 58.9 Å². The van der Waals surface area contributed by atoms with E-state index in [1.807, 2.05) is 32.9 Å². The zero-order chi connectivity index (χ0) is 17.2. The van der Waals surface area contributed by atoms with Gasteiger partial charge in [0.05, 0.1) is 6.61 Å². The van der Waals surface area contributed by atoms with Gasteiger partial charge in [-0.15, -0.1) is 0 Å². The number of rotatable bonds is 7. The highest BCUT2D eigenvalue weighted by atomic mass is 32.2. The summed E-state index contributed by atoms with van der Waals surface area (Å²) in [6.45, 7) is 10.8. The van der Waals surface area contributed by atoms with Gasteiger partial charge in [-0.2, -0.15) is 0 Å². The van der Waals surface area contributed by atoms with Crippen molar-refractivity contribution in [2.24, 2.45) is 11.8 Å². The molecule has 0 N–H and O–H groups in total. The summed E-state index contributed by atoms with van der Waals surface area (Å²) in [5.74, 6) is 1.68. The summed E-state index contributed by atoms with van der Waals surface area (Å²) in [6, 6.07) is 5.10. The molecule has 130 valence electrons. The fourth-order valence-electron chi connectivity index (χ4n) is 2.44. The third-order valence-corrected chi connectivity index (χ3v) is 6.40. The first-order valence-electron chi connectivity index (χ1n) is 8.49. The van der Waals surface area contributed by atoms with Gasteiger partial charge in [0.2, 0.25) is 0 Å². The molecule has 23 heavy (non-hydrogen) atoms. The maximum absolute atomic E-state index is 14.0. The lowest BCUT2D eigenvalue weighted by molar-refractivity contribution is 0.284. The Morgan fingerprint density at radius 2 is 1.96 bits per heavy atom. The summed E-state index contributed by atoms with van der Waals surface area (Å²) in [5, 5.41) is 0. The molecule has 1 fully saturated rings. The lowest BCUT2D eigenvalue weighted by Crippen LogP contribution is -2.28. The molecule has 1 saturated carbocycles. The number of ether oxygens (including phenoxy) is 1. The van der Waals surface area contributed by atoms with E-state index >= 15 is 0 Å². The summed E-state index contributed by atoms with van der Waals surface area (Å²) < 4.78 is 31.9. The Balaban J connectivity index is 2.17. The van der Waals surface area contributed by atoms with E-state index in [9.17, 15) is 8.60 Å². The molecular formula is C19H29FO2S. The predicted octanol–water partition coefficient (Wildman–Crippen LogP) is 4.90. The van der Waals surface area contributed by atoms with Crippen LogP contribution in [0.25, 0.3) is 0 Å². The van der Waals surface area contributed by atoms with Gasteiger partial charge in [-0.1, -0.05) is 19.9 Å². The average Bonchev–Trinajstić information content (AvgIpc) is 3.26. The van der Waals surface area contributed by atoms with E-state index in [1.165, 1.54) is 18.9 Å². The molecule has 0 aliphatic heterocycles. The van der Waals surface area contributed by atoms with Crippen LogP contribution in [0, 0.1) is 17.7 Å². The number of hydrogen-bond donors (Lipinski definition) is 0. The van der Waals surface area contributed by atoms with Crippen molar-refractivity contribution in [1.82, 2.24) is 0 Å². The molecule has 1 aromatic carbocycles. The molecule has 2 atom stereocenters. The van der Waals surface area contributed by atoms with Gasteiger partial charge in [0.15, 0.2) is 11.6 Å². The van der Waals surface area contributed by atoms with Crippen molar-refractivity contribution in [2.75, 3.05) is 12.4 Å². The molecule has 1 aromatic rings. The number of halogens is 1. The quantitative estimate of drug-likeness (QED) is 0.705. The first kappa shape index (κ1) is 18.4. The van der Waals surface area contributed by atoms with E-state index in [2.05, 4.69) is 13.8 Å². The Hall–Kier alpha value is -0.900. The van der Waals surface area contributed by atoms with Gasteiger partial charge >= 0.3 is 0 Å². The van der Waals surface area contributed by atoms with Crippen molar-refractivity contribution in [3.05, 3.63) is 29.6 Å². The maximum Gasteiger partial charge on any atom is 0.165 e. The Morgan fingerprint density at radius 1 is 1.30 bits per heavy atom. The van der Waals surface area contributed by atoms with E-state index in [0.29, 0.717) is 29.9 Å². The van der Waals surface area contributed by atoms with Gasteiger partial charge in [-0.3, -0.25) is 4.21 Å². The summed E-state index contributed by atoms with van der Waals surface area (Å²) in [4.78, 5) is 0. The van der Waals surface area contributed by atoms with Gasteiger partial charge in [0.1, 0.15) is 0 Å².